The van der Waals surface area contributed by atoms with Gasteiger partial charge < -0.3 is 4.42 Å². The van der Waals surface area contributed by atoms with E-state index in [1.165, 1.54) is 0 Å². The van der Waals surface area contributed by atoms with E-state index >= 15 is 0 Å². The Balaban J connectivity index is 1.44. The van der Waals surface area contributed by atoms with Gasteiger partial charge in [-0.2, -0.15) is 0 Å². The zero-order valence-electron chi connectivity index (χ0n) is 23.6. The molecule has 1 aromatic heterocycles. The molecule has 0 atom stereocenters. The molecule has 35 heavy (non-hydrogen) atoms. The van der Waals surface area contributed by atoms with Crippen molar-refractivity contribution in [3.63, 3.8) is 0 Å². The Hall–Kier alpha value is -4.62. The first-order valence-electron chi connectivity index (χ1n) is 14.1. The molecule has 1 heterocycles. The predicted molar refractivity (Wildman–Crippen MR) is 148 cm³/mol. The van der Waals surface area contributed by atoms with Crippen LogP contribution in [0.25, 0.3) is 76.5 Å². The number of benzene rings is 7. The Morgan fingerprint density at radius 1 is 0.486 bits per heavy atom. The lowest BCUT2D eigenvalue weighted by Crippen LogP contribution is -1.89. The van der Waals surface area contributed by atoms with E-state index in [2.05, 4.69) is 48.5 Å². The maximum absolute atomic E-state index is 8.58. The molecule has 0 radical (unpaired) electrons. The molecule has 0 spiro atoms. The van der Waals surface area contributed by atoms with Crippen LogP contribution in [0, 0.1) is 0 Å². The monoisotopic (exact) mass is 449 g/mol. The van der Waals surface area contributed by atoms with E-state index in [9.17, 15) is 0 Å². The third kappa shape index (κ3) is 2.64. The Kier molecular flexibility index (Phi) is 2.90. The largest absolute Gasteiger partial charge is 0.456 e. The first-order valence-corrected chi connectivity index (χ1v) is 11.6. The molecule has 0 unspecified atom stereocenters. The van der Waals surface area contributed by atoms with Gasteiger partial charge in [0.05, 0.1) is 6.85 Å². The lowest BCUT2D eigenvalue weighted by atomic mass is 9.87. The average molecular weight is 450 g/mol. The van der Waals surface area contributed by atoms with Gasteiger partial charge in [0.1, 0.15) is 11.2 Å². The molecule has 0 aliphatic rings. The van der Waals surface area contributed by atoms with Crippen LogP contribution in [0.3, 0.4) is 0 Å². The molecule has 0 amide bonds. The molecule has 162 valence electrons. The molecule has 0 aliphatic heterocycles. The summed E-state index contributed by atoms with van der Waals surface area (Å²) in [7, 11) is 0. The number of rotatable bonds is 2. The fourth-order valence-corrected chi connectivity index (χ4v) is 5.55. The normalized spacial score (nSPS) is 14.0. The van der Waals surface area contributed by atoms with E-state index in [0.29, 0.717) is 5.56 Å². The first-order chi connectivity index (χ1) is 19.4. The Morgan fingerprint density at radius 3 is 1.86 bits per heavy atom. The Morgan fingerprint density at radius 2 is 1.11 bits per heavy atom. The van der Waals surface area contributed by atoms with Crippen molar-refractivity contribution < 1.29 is 11.3 Å². The van der Waals surface area contributed by atoms with Gasteiger partial charge in [0.15, 0.2) is 0 Å². The minimum Gasteiger partial charge on any atom is -0.456 e. The van der Waals surface area contributed by atoms with E-state index in [4.69, 9.17) is 11.3 Å². The number of hydrogen-bond acceptors (Lipinski definition) is 1. The zero-order valence-corrected chi connectivity index (χ0v) is 18.6. The van der Waals surface area contributed by atoms with Gasteiger partial charge >= 0.3 is 0 Å². The third-order valence-electron chi connectivity index (χ3n) is 7.12. The molecule has 0 saturated carbocycles. The maximum atomic E-state index is 8.58. The molecule has 0 fully saturated rings. The maximum Gasteiger partial charge on any atom is 0.135 e. The molecule has 1 heteroatoms. The van der Waals surface area contributed by atoms with Crippen molar-refractivity contribution >= 4 is 54.3 Å². The van der Waals surface area contributed by atoms with Crippen LogP contribution in [0.5, 0.6) is 0 Å². The topological polar surface area (TPSA) is 13.1 Å². The van der Waals surface area contributed by atoms with E-state index in [1.807, 2.05) is 42.5 Å². The van der Waals surface area contributed by atoms with Gasteiger partial charge in [0.2, 0.25) is 0 Å². The number of para-hydroxylation sites is 1. The molecule has 8 rings (SSSR count). The van der Waals surface area contributed by atoms with Gasteiger partial charge in [0, 0.05) is 10.8 Å². The summed E-state index contributed by atoms with van der Waals surface area (Å²) in [5.41, 5.74) is 4.76. The third-order valence-corrected chi connectivity index (χ3v) is 7.12. The quantitative estimate of drug-likeness (QED) is 0.239. The SMILES string of the molecule is [2H]c1c([2H])c([2H])c(-c2ccc3ccc4c(-c5ccc6oc7ccccc7c6c5)ccc5ccc2c3c54)c([2H])c1[2H]. The van der Waals surface area contributed by atoms with Crippen LogP contribution in [0.1, 0.15) is 6.85 Å². The Bertz CT molecular complexity index is 2300. The summed E-state index contributed by atoms with van der Waals surface area (Å²) in [4.78, 5) is 0. The second-order valence-electron chi connectivity index (χ2n) is 8.96. The van der Waals surface area contributed by atoms with Crippen molar-refractivity contribution in [1.29, 1.82) is 0 Å². The lowest BCUT2D eigenvalue weighted by molar-refractivity contribution is 0.669. The van der Waals surface area contributed by atoms with Crippen molar-refractivity contribution in [3.8, 4) is 22.3 Å². The summed E-state index contributed by atoms with van der Waals surface area (Å²) in [5, 5.41) is 8.36. The molecule has 8 aromatic rings. The molecule has 0 saturated heterocycles. The highest BCUT2D eigenvalue weighted by molar-refractivity contribution is 6.27. The summed E-state index contributed by atoms with van der Waals surface area (Å²) >= 11 is 0. The molecule has 0 bridgehead atoms. The highest BCUT2D eigenvalue weighted by Crippen LogP contribution is 2.43. The summed E-state index contributed by atoms with van der Waals surface area (Å²) in [6, 6.07) is 29.4. The van der Waals surface area contributed by atoms with Crippen molar-refractivity contribution in [2.45, 2.75) is 0 Å². The number of furan rings is 1. The van der Waals surface area contributed by atoms with Gasteiger partial charge in [-0.1, -0.05) is 103 Å². The molecular formula is C34H20O. The highest BCUT2D eigenvalue weighted by atomic mass is 16.3. The molecule has 1 nitrogen and oxygen atoms in total. The van der Waals surface area contributed by atoms with Crippen LogP contribution >= 0.6 is 0 Å². The van der Waals surface area contributed by atoms with Crippen LogP contribution < -0.4 is 0 Å². The van der Waals surface area contributed by atoms with Crippen LogP contribution in [-0.2, 0) is 0 Å². The lowest BCUT2D eigenvalue weighted by Gasteiger charge is -2.16. The average Bonchev–Trinajstić information content (AvgIpc) is 3.36. The van der Waals surface area contributed by atoms with Crippen LogP contribution in [0.4, 0.5) is 0 Å². The molecule has 0 aliphatic carbocycles. The van der Waals surface area contributed by atoms with E-state index in [0.717, 1.165) is 65.4 Å². The molecule has 0 N–H and O–H groups in total. The Labute approximate surface area is 209 Å². The fraction of sp³-hybridized carbons (Fsp3) is 0. The smallest absolute Gasteiger partial charge is 0.135 e. The number of fused-ring (bicyclic) bond motifs is 3. The summed E-state index contributed by atoms with van der Waals surface area (Å²) < 4.78 is 47.6. The van der Waals surface area contributed by atoms with Gasteiger partial charge in [0.25, 0.3) is 0 Å². The van der Waals surface area contributed by atoms with Gasteiger partial charge in [-0.15, -0.1) is 0 Å². The van der Waals surface area contributed by atoms with Gasteiger partial charge in [-0.3, -0.25) is 0 Å². The summed E-state index contributed by atoms with van der Waals surface area (Å²) in [6.45, 7) is 0. The predicted octanol–water partition coefficient (Wildman–Crippen LogP) is 9.82. The standard InChI is InChI=1S/C34H20O/c1-2-6-21(7-3-1)25-15-10-22-13-18-29-26(16-11-23-12-17-28(25)33(22)34(23)29)24-14-19-32-30(20-24)27-8-4-5-9-31(27)35-32/h1-20H/i1D,2D,3D,6D,7D. The summed E-state index contributed by atoms with van der Waals surface area (Å²) in [6.07, 6.45) is 0. The second-order valence-corrected chi connectivity index (χ2v) is 8.96. The first kappa shape index (κ1) is 14.6. The van der Waals surface area contributed by atoms with Crippen molar-refractivity contribution in [1.82, 2.24) is 0 Å². The van der Waals surface area contributed by atoms with E-state index in [1.54, 1.807) is 0 Å². The molecule has 7 aromatic carbocycles. The van der Waals surface area contributed by atoms with Crippen molar-refractivity contribution in [2.75, 3.05) is 0 Å². The second kappa shape index (κ2) is 6.94. The minimum absolute atomic E-state index is 0.192. The fourth-order valence-electron chi connectivity index (χ4n) is 5.55. The van der Waals surface area contributed by atoms with Crippen LogP contribution in [0.2, 0.25) is 0 Å². The highest BCUT2D eigenvalue weighted by Gasteiger charge is 2.15. The van der Waals surface area contributed by atoms with E-state index < -0.39 is 0 Å². The van der Waals surface area contributed by atoms with Crippen molar-refractivity contribution in [3.05, 3.63) is 121 Å². The van der Waals surface area contributed by atoms with Gasteiger partial charge in [-0.25, -0.2) is 0 Å². The van der Waals surface area contributed by atoms with Crippen LogP contribution in [0.15, 0.2) is 126 Å². The zero-order chi connectivity index (χ0) is 27.3. The summed E-state index contributed by atoms with van der Waals surface area (Å²) in [5.74, 6) is 0. The molecular weight excluding hydrogens is 424 g/mol. The van der Waals surface area contributed by atoms with E-state index in [-0.39, 0.29) is 35.8 Å². The number of hydrogen-bond donors (Lipinski definition) is 0. The van der Waals surface area contributed by atoms with Crippen LogP contribution in [-0.4, -0.2) is 0 Å². The van der Waals surface area contributed by atoms with Gasteiger partial charge in [-0.05, 0) is 72.8 Å². The van der Waals surface area contributed by atoms with Crippen molar-refractivity contribution in [2.24, 2.45) is 0 Å². The minimum atomic E-state index is -0.386.